The van der Waals surface area contributed by atoms with Gasteiger partial charge in [0.05, 0.1) is 11.6 Å². The molecule has 0 fully saturated rings. The zero-order valence-electron chi connectivity index (χ0n) is 8.12. The van der Waals surface area contributed by atoms with Crippen molar-refractivity contribution in [2.24, 2.45) is 0 Å². The Bertz CT molecular complexity index is 497. The van der Waals surface area contributed by atoms with Gasteiger partial charge >= 0.3 is 0 Å². The molecule has 1 aromatic carbocycles. The van der Waals surface area contributed by atoms with E-state index in [4.69, 9.17) is 11.6 Å². The zero-order chi connectivity index (χ0) is 11.5. The highest BCUT2D eigenvalue weighted by Gasteiger charge is 2.06. The van der Waals surface area contributed by atoms with Crippen LogP contribution in [0.2, 0.25) is 0 Å². The summed E-state index contributed by atoms with van der Waals surface area (Å²) in [6, 6.07) is 4.80. The minimum Gasteiger partial charge on any atom is -0.237 e. The van der Waals surface area contributed by atoms with Crippen molar-refractivity contribution in [2.45, 2.75) is 5.88 Å². The Balaban J connectivity index is 2.49. The second-order valence-corrected chi connectivity index (χ2v) is 3.43. The average molecular weight is 241 g/mol. The molecule has 1 heterocycles. The van der Waals surface area contributed by atoms with E-state index in [0.717, 1.165) is 6.07 Å². The van der Waals surface area contributed by atoms with Crippen LogP contribution in [0.1, 0.15) is 5.69 Å². The van der Waals surface area contributed by atoms with Crippen LogP contribution in [0, 0.1) is 11.6 Å². The minimum absolute atomic E-state index is 0.229. The standard InChI is InChI=1S/C11H7ClF2N2/c12-6-10-1-2-15-11(16-10)7-3-8(13)5-9(14)4-7/h1-5H,6H2. The van der Waals surface area contributed by atoms with Crippen LogP contribution in [0.25, 0.3) is 11.4 Å². The summed E-state index contributed by atoms with van der Waals surface area (Å²) < 4.78 is 25.9. The van der Waals surface area contributed by atoms with Gasteiger partial charge in [0.15, 0.2) is 5.82 Å². The van der Waals surface area contributed by atoms with Gasteiger partial charge in [-0.2, -0.15) is 0 Å². The maximum atomic E-state index is 13.0. The lowest BCUT2D eigenvalue weighted by Gasteiger charge is -2.02. The van der Waals surface area contributed by atoms with E-state index in [1.54, 1.807) is 6.07 Å². The van der Waals surface area contributed by atoms with Gasteiger partial charge in [-0.05, 0) is 18.2 Å². The molecule has 0 saturated heterocycles. The predicted octanol–water partition coefficient (Wildman–Crippen LogP) is 3.16. The van der Waals surface area contributed by atoms with Crippen LogP contribution in [0.3, 0.4) is 0 Å². The van der Waals surface area contributed by atoms with Crippen molar-refractivity contribution < 1.29 is 8.78 Å². The van der Waals surface area contributed by atoms with E-state index < -0.39 is 11.6 Å². The van der Waals surface area contributed by atoms with Gasteiger partial charge in [0.2, 0.25) is 0 Å². The number of alkyl halides is 1. The van der Waals surface area contributed by atoms with Crippen LogP contribution in [-0.2, 0) is 5.88 Å². The van der Waals surface area contributed by atoms with Crippen LogP contribution in [0.5, 0.6) is 0 Å². The molecule has 82 valence electrons. The first-order valence-electron chi connectivity index (χ1n) is 4.53. The maximum Gasteiger partial charge on any atom is 0.159 e. The Kier molecular flexibility index (Phi) is 3.10. The van der Waals surface area contributed by atoms with Crippen molar-refractivity contribution >= 4 is 11.6 Å². The number of hydrogen-bond acceptors (Lipinski definition) is 2. The SMILES string of the molecule is Fc1cc(F)cc(-c2nccc(CCl)n2)c1. The summed E-state index contributed by atoms with van der Waals surface area (Å²) in [5.41, 5.74) is 0.904. The van der Waals surface area contributed by atoms with Crippen LogP contribution in [0.4, 0.5) is 8.78 Å². The van der Waals surface area contributed by atoms with E-state index in [1.165, 1.54) is 18.3 Å². The van der Waals surface area contributed by atoms with Crippen molar-refractivity contribution in [1.82, 2.24) is 9.97 Å². The summed E-state index contributed by atoms with van der Waals surface area (Å²) in [7, 11) is 0. The molecular formula is C11H7ClF2N2. The molecule has 2 nitrogen and oxygen atoms in total. The molecule has 0 aliphatic heterocycles. The molecule has 0 unspecified atom stereocenters. The fourth-order valence-electron chi connectivity index (χ4n) is 1.29. The summed E-state index contributed by atoms with van der Waals surface area (Å²) in [4.78, 5) is 8.00. The number of hydrogen-bond donors (Lipinski definition) is 0. The van der Waals surface area contributed by atoms with E-state index in [0.29, 0.717) is 11.3 Å². The molecule has 16 heavy (non-hydrogen) atoms. The summed E-state index contributed by atoms with van der Waals surface area (Å²) in [5.74, 6) is -0.825. The number of rotatable bonds is 2. The largest absolute Gasteiger partial charge is 0.237 e. The third kappa shape index (κ3) is 2.33. The van der Waals surface area contributed by atoms with Gasteiger partial charge in [0.25, 0.3) is 0 Å². The van der Waals surface area contributed by atoms with Gasteiger partial charge in [0, 0.05) is 17.8 Å². The molecule has 0 amide bonds. The van der Waals surface area contributed by atoms with Crippen molar-refractivity contribution in [1.29, 1.82) is 0 Å². The summed E-state index contributed by atoms with van der Waals surface area (Å²) in [6.45, 7) is 0. The summed E-state index contributed by atoms with van der Waals surface area (Å²) in [6.07, 6.45) is 1.50. The average Bonchev–Trinajstić information content (AvgIpc) is 2.28. The van der Waals surface area contributed by atoms with Gasteiger partial charge in [-0.3, -0.25) is 0 Å². The fourth-order valence-corrected chi connectivity index (χ4v) is 1.44. The van der Waals surface area contributed by atoms with E-state index in [9.17, 15) is 8.78 Å². The molecule has 0 aliphatic carbocycles. The van der Waals surface area contributed by atoms with Crippen molar-refractivity contribution in [3.63, 3.8) is 0 Å². The number of halogens is 3. The first-order chi connectivity index (χ1) is 7.69. The molecule has 5 heteroatoms. The molecular weight excluding hydrogens is 234 g/mol. The quantitative estimate of drug-likeness (QED) is 0.754. The van der Waals surface area contributed by atoms with Gasteiger partial charge in [-0.15, -0.1) is 11.6 Å². The lowest BCUT2D eigenvalue weighted by atomic mass is 10.2. The molecule has 2 aromatic rings. The van der Waals surface area contributed by atoms with Crippen molar-refractivity contribution in [3.05, 3.63) is 47.8 Å². The summed E-state index contributed by atoms with van der Waals surface area (Å²) in [5, 5.41) is 0. The van der Waals surface area contributed by atoms with Gasteiger partial charge in [-0.1, -0.05) is 0 Å². The molecule has 0 atom stereocenters. The van der Waals surface area contributed by atoms with Crippen LogP contribution in [-0.4, -0.2) is 9.97 Å². The van der Waals surface area contributed by atoms with E-state index >= 15 is 0 Å². The minimum atomic E-state index is -0.658. The van der Waals surface area contributed by atoms with Gasteiger partial charge < -0.3 is 0 Å². The Morgan fingerprint density at radius 3 is 2.44 bits per heavy atom. The lowest BCUT2D eigenvalue weighted by Crippen LogP contribution is -1.94. The Hall–Kier alpha value is -1.55. The Labute approximate surface area is 95.9 Å². The first-order valence-corrected chi connectivity index (χ1v) is 5.07. The van der Waals surface area contributed by atoms with Crippen LogP contribution >= 0.6 is 11.6 Å². The highest BCUT2D eigenvalue weighted by molar-refractivity contribution is 6.16. The number of aromatic nitrogens is 2. The molecule has 1 aromatic heterocycles. The molecule has 0 aliphatic rings. The van der Waals surface area contributed by atoms with Crippen LogP contribution in [0.15, 0.2) is 30.5 Å². The van der Waals surface area contributed by atoms with Gasteiger partial charge in [-0.25, -0.2) is 18.7 Å². The monoisotopic (exact) mass is 240 g/mol. The molecule has 0 N–H and O–H groups in total. The van der Waals surface area contributed by atoms with Crippen molar-refractivity contribution in [2.75, 3.05) is 0 Å². The smallest absolute Gasteiger partial charge is 0.159 e. The molecule has 0 spiro atoms. The highest BCUT2D eigenvalue weighted by atomic mass is 35.5. The lowest BCUT2D eigenvalue weighted by molar-refractivity contribution is 0.584. The normalized spacial score (nSPS) is 10.4. The van der Waals surface area contributed by atoms with Gasteiger partial charge in [0.1, 0.15) is 11.6 Å². The molecule has 0 radical (unpaired) electrons. The number of nitrogens with zero attached hydrogens (tertiary/aromatic N) is 2. The zero-order valence-corrected chi connectivity index (χ0v) is 8.88. The maximum absolute atomic E-state index is 13.0. The second-order valence-electron chi connectivity index (χ2n) is 3.16. The van der Waals surface area contributed by atoms with E-state index in [-0.39, 0.29) is 11.7 Å². The predicted molar refractivity (Wildman–Crippen MR) is 56.9 cm³/mol. The molecule has 0 saturated carbocycles. The first kappa shape index (κ1) is 11.0. The topological polar surface area (TPSA) is 25.8 Å². The van der Waals surface area contributed by atoms with E-state index in [1.807, 2.05) is 0 Å². The Morgan fingerprint density at radius 2 is 1.81 bits per heavy atom. The van der Waals surface area contributed by atoms with Crippen LogP contribution < -0.4 is 0 Å². The third-order valence-electron chi connectivity index (χ3n) is 1.97. The second kappa shape index (κ2) is 4.53. The number of benzene rings is 1. The molecule has 2 rings (SSSR count). The molecule has 0 bridgehead atoms. The fraction of sp³-hybridized carbons (Fsp3) is 0.0909. The van der Waals surface area contributed by atoms with E-state index in [2.05, 4.69) is 9.97 Å². The third-order valence-corrected chi connectivity index (χ3v) is 2.24. The van der Waals surface area contributed by atoms with Crippen molar-refractivity contribution in [3.8, 4) is 11.4 Å². The highest BCUT2D eigenvalue weighted by Crippen LogP contribution is 2.18. The Morgan fingerprint density at radius 1 is 1.12 bits per heavy atom. The summed E-state index contributed by atoms with van der Waals surface area (Å²) >= 11 is 5.61.